The quantitative estimate of drug-likeness (QED) is 0.537. The maximum Gasteiger partial charge on any atom is 0.287 e. The molecule has 0 spiro atoms. The molecule has 0 saturated carbocycles. The zero-order valence-corrected chi connectivity index (χ0v) is 11.7. The van der Waals surface area contributed by atoms with Gasteiger partial charge in [-0.15, -0.1) is 10.2 Å². The standard InChI is InChI=1S/C13H7FN4O3S/c14-9-3-1-8(2-4-9)12-16-17-13(21-12)22-11-6-5-10(7-15-11)18(19)20/h1-7H. The zero-order valence-electron chi connectivity index (χ0n) is 10.8. The molecule has 0 saturated heterocycles. The number of rotatable bonds is 4. The normalized spacial score (nSPS) is 10.6. The maximum absolute atomic E-state index is 12.9. The molecule has 0 atom stereocenters. The summed E-state index contributed by atoms with van der Waals surface area (Å²) in [6.07, 6.45) is 1.15. The fourth-order valence-corrected chi connectivity index (χ4v) is 2.21. The van der Waals surface area contributed by atoms with E-state index in [-0.39, 0.29) is 22.6 Å². The second-order valence-electron chi connectivity index (χ2n) is 4.09. The molecule has 22 heavy (non-hydrogen) atoms. The van der Waals surface area contributed by atoms with Gasteiger partial charge in [0.1, 0.15) is 17.0 Å². The van der Waals surface area contributed by atoms with Crippen molar-refractivity contribution in [1.82, 2.24) is 15.2 Å². The summed E-state index contributed by atoms with van der Waals surface area (Å²) in [5.41, 5.74) is 0.499. The van der Waals surface area contributed by atoms with Crippen LogP contribution >= 0.6 is 11.8 Å². The number of hydrogen-bond donors (Lipinski definition) is 0. The lowest BCUT2D eigenvalue weighted by Crippen LogP contribution is -1.89. The van der Waals surface area contributed by atoms with Crippen LogP contribution in [0, 0.1) is 15.9 Å². The van der Waals surface area contributed by atoms with Crippen molar-refractivity contribution in [2.24, 2.45) is 0 Å². The molecule has 0 aliphatic heterocycles. The van der Waals surface area contributed by atoms with Gasteiger partial charge in [0.25, 0.3) is 10.9 Å². The van der Waals surface area contributed by atoms with Gasteiger partial charge in [-0.25, -0.2) is 9.37 Å². The van der Waals surface area contributed by atoms with E-state index in [0.717, 1.165) is 18.0 Å². The van der Waals surface area contributed by atoms with Gasteiger partial charge in [-0.3, -0.25) is 10.1 Å². The summed E-state index contributed by atoms with van der Waals surface area (Å²) in [6.45, 7) is 0. The summed E-state index contributed by atoms with van der Waals surface area (Å²) in [6, 6.07) is 8.48. The Labute approximate surface area is 127 Å². The van der Waals surface area contributed by atoms with Crippen molar-refractivity contribution in [3.8, 4) is 11.5 Å². The van der Waals surface area contributed by atoms with Crippen molar-refractivity contribution in [1.29, 1.82) is 0 Å². The number of aromatic nitrogens is 3. The van der Waals surface area contributed by atoms with Crippen LogP contribution in [0.4, 0.5) is 10.1 Å². The van der Waals surface area contributed by atoms with Crippen molar-refractivity contribution >= 4 is 17.4 Å². The third-order valence-electron chi connectivity index (χ3n) is 2.62. The lowest BCUT2D eigenvalue weighted by Gasteiger charge is -1.95. The first kappa shape index (κ1) is 14.1. The molecule has 0 amide bonds. The molecule has 2 heterocycles. The summed E-state index contributed by atoms with van der Waals surface area (Å²) in [5, 5.41) is 19.0. The van der Waals surface area contributed by atoms with Gasteiger partial charge in [0.2, 0.25) is 5.89 Å². The van der Waals surface area contributed by atoms with E-state index < -0.39 is 4.92 Å². The molecule has 1 aromatic carbocycles. The largest absolute Gasteiger partial charge is 0.411 e. The number of hydrogen-bond acceptors (Lipinski definition) is 7. The number of benzene rings is 1. The van der Waals surface area contributed by atoms with Crippen LogP contribution in [0.3, 0.4) is 0 Å². The summed E-state index contributed by atoms with van der Waals surface area (Å²) < 4.78 is 18.3. The van der Waals surface area contributed by atoms with Crippen LogP contribution in [0.5, 0.6) is 0 Å². The van der Waals surface area contributed by atoms with Crippen LogP contribution in [-0.4, -0.2) is 20.1 Å². The summed E-state index contributed by atoms with van der Waals surface area (Å²) in [7, 11) is 0. The SMILES string of the molecule is O=[N+]([O-])c1ccc(Sc2nnc(-c3ccc(F)cc3)o2)nc1. The van der Waals surface area contributed by atoms with Crippen LogP contribution < -0.4 is 0 Å². The molecule has 110 valence electrons. The molecule has 2 aromatic heterocycles. The monoisotopic (exact) mass is 318 g/mol. The van der Waals surface area contributed by atoms with E-state index in [1.807, 2.05) is 0 Å². The molecule has 3 aromatic rings. The molecule has 9 heteroatoms. The topological polar surface area (TPSA) is 95.0 Å². The fraction of sp³-hybridized carbons (Fsp3) is 0. The van der Waals surface area contributed by atoms with Crippen LogP contribution in [0.1, 0.15) is 0 Å². The predicted octanol–water partition coefficient (Wildman–Crippen LogP) is 3.33. The predicted molar refractivity (Wildman–Crippen MR) is 74.7 cm³/mol. The Kier molecular flexibility index (Phi) is 3.79. The highest BCUT2D eigenvalue weighted by Gasteiger charge is 2.12. The smallest absolute Gasteiger partial charge is 0.287 e. The van der Waals surface area contributed by atoms with Crippen molar-refractivity contribution in [2.75, 3.05) is 0 Å². The van der Waals surface area contributed by atoms with Gasteiger partial charge in [-0.05, 0) is 42.1 Å². The Hall–Kier alpha value is -2.81. The van der Waals surface area contributed by atoms with E-state index in [9.17, 15) is 14.5 Å². The molecular weight excluding hydrogens is 311 g/mol. The third-order valence-corrected chi connectivity index (χ3v) is 3.41. The van der Waals surface area contributed by atoms with Crippen molar-refractivity contribution in [3.05, 3.63) is 58.5 Å². The minimum Gasteiger partial charge on any atom is -0.411 e. The van der Waals surface area contributed by atoms with Gasteiger partial charge < -0.3 is 4.42 Å². The molecule has 7 nitrogen and oxygen atoms in total. The van der Waals surface area contributed by atoms with E-state index in [4.69, 9.17) is 4.42 Å². The average Bonchev–Trinajstić information content (AvgIpc) is 2.97. The Morgan fingerprint density at radius 2 is 1.91 bits per heavy atom. The minimum absolute atomic E-state index is 0.0955. The number of nitro groups is 1. The van der Waals surface area contributed by atoms with Gasteiger partial charge in [-0.2, -0.15) is 0 Å². The molecule has 0 radical (unpaired) electrons. The molecule has 0 bridgehead atoms. The van der Waals surface area contributed by atoms with Gasteiger partial charge in [0.15, 0.2) is 0 Å². The second-order valence-corrected chi connectivity index (χ2v) is 5.07. The van der Waals surface area contributed by atoms with Crippen LogP contribution in [0.2, 0.25) is 0 Å². The lowest BCUT2D eigenvalue weighted by molar-refractivity contribution is -0.385. The van der Waals surface area contributed by atoms with Crippen LogP contribution in [-0.2, 0) is 0 Å². The Bertz CT molecular complexity index is 805. The highest BCUT2D eigenvalue weighted by atomic mass is 32.2. The minimum atomic E-state index is -0.527. The first-order chi connectivity index (χ1) is 10.6. The number of nitrogens with zero attached hydrogens (tertiary/aromatic N) is 4. The lowest BCUT2D eigenvalue weighted by atomic mass is 10.2. The summed E-state index contributed by atoms with van der Waals surface area (Å²) in [5.74, 6) is -0.0997. The van der Waals surface area contributed by atoms with Crippen molar-refractivity contribution in [2.45, 2.75) is 10.2 Å². The first-order valence-electron chi connectivity index (χ1n) is 5.99. The molecule has 0 fully saturated rings. The maximum atomic E-state index is 12.9. The number of pyridine rings is 1. The van der Waals surface area contributed by atoms with E-state index in [2.05, 4.69) is 15.2 Å². The Balaban J connectivity index is 1.76. The van der Waals surface area contributed by atoms with Crippen molar-refractivity contribution < 1.29 is 13.7 Å². The van der Waals surface area contributed by atoms with Crippen LogP contribution in [0.25, 0.3) is 11.5 Å². The Morgan fingerprint density at radius 3 is 2.55 bits per heavy atom. The molecule has 3 rings (SSSR count). The van der Waals surface area contributed by atoms with E-state index in [1.165, 1.54) is 36.4 Å². The third kappa shape index (κ3) is 3.09. The van der Waals surface area contributed by atoms with Crippen LogP contribution in [0.15, 0.2) is 57.3 Å². The number of halogens is 1. The van der Waals surface area contributed by atoms with E-state index in [0.29, 0.717) is 10.6 Å². The fourth-order valence-electron chi connectivity index (χ4n) is 1.59. The molecule has 0 unspecified atom stereocenters. The van der Waals surface area contributed by atoms with E-state index >= 15 is 0 Å². The Morgan fingerprint density at radius 1 is 1.14 bits per heavy atom. The van der Waals surface area contributed by atoms with E-state index in [1.54, 1.807) is 0 Å². The van der Waals surface area contributed by atoms with Gasteiger partial charge in [0, 0.05) is 11.6 Å². The summed E-state index contributed by atoms with van der Waals surface area (Å²) in [4.78, 5) is 14.0. The molecule has 0 aliphatic rings. The highest BCUT2D eigenvalue weighted by molar-refractivity contribution is 7.99. The molecular formula is C13H7FN4O3S. The van der Waals surface area contributed by atoms with Gasteiger partial charge in [0.05, 0.1) is 4.92 Å². The average molecular weight is 318 g/mol. The summed E-state index contributed by atoms with van der Waals surface area (Å²) >= 11 is 1.08. The first-order valence-corrected chi connectivity index (χ1v) is 6.81. The molecule has 0 N–H and O–H groups in total. The van der Waals surface area contributed by atoms with Crippen molar-refractivity contribution in [3.63, 3.8) is 0 Å². The highest BCUT2D eigenvalue weighted by Crippen LogP contribution is 2.28. The molecule has 0 aliphatic carbocycles. The van der Waals surface area contributed by atoms with Gasteiger partial charge in [-0.1, -0.05) is 0 Å². The van der Waals surface area contributed by atoms with Gasteiger partial charge >= 0.3 is 0 Å². The zero-order chi connectivity index (χ0) is 15.5. The second kappa shape index (κ2) is 5.90.